The van der Waals surface area contributed by atoms with Crippen LogP contribution in [0.1, 0.15) is 60.0 Å². The maximum Gasteiger partial charge on any atom is 0.433 e. The summed E-state index contributed by atoms with van der Waals surface area (Å²) in [5, 5.41) is 3.22. The van der Waals surface area contributed by atoms with Crippen LogP contribution in [0.5, 0.6) is 5.88 Å². The number of methoxy groups -OCH3 is 2. The molecule has 1 aromatic carbocycles. The van der Waals surface area contributed by atoms with Gasteiger partial charge in [-0.05, 0) is 61.9 Å². The summed E-state index contributed by atoms with van der Waals surface area (Å²) in [6.45, 7) is 3.63. The van der Waals surface area contributed by atoms with Crippen LogP contribution in [0.3, 0.4) is 0 Å². The minimum atomic E-state index is -4.53. The summed E-state index contributed by atoms with van der Waals surface area (Å²) in [6, 6.07) is 10.1. The summed E-state index contributed by atoms with van der Waals surface area (Å²) in [4.78, 5) is 28.4. The first kappa shape index (κ1) is 30.8. The fourth-order valence-electron chi connectivity index (χ4n) is 5.75. The first-order chi connectivity index (χ1) is 21.8. The van der Waals surface area contributed by atoms with E-state index in [1.165, 1.54) is 12.7 Å². The number of nitrogens with one attached hydrogen (secondary N) is 1. The summed E-state index contributed by atoms with van der Waals surface area (Å²) >= 11 is 0. The van der Waals surface area contributed by atoms with Crippen LogP contribution in [0.4, 0.5) is 19.1 Å². The molecular formula is C32H35F3N8O2. The smallest absolute Gasteiger partial charge is 0.433 e. The van der Waals surface area contributed by atoms with Crippen molar-refractivity contribution < 1.29 is 22.6 Å². The molecule has 0 bridgehead atoms. The number of likely N-dealkylation sites (tertiary alicyclic amines) is 1. The molecule has 0 spiro atoms. The summed E-state index contributed by atoms with van der Waals surface area (Å²) in [5.41, 5.74) is 3.43. The zero-order valence-corrected chi connectivity index (χ0v) is 25.2. The lowest BCUT2D eigenvalue weighted by atomic mass is 9.86. The minimum absolute atomic E-state index is 0.127. The number of anilines is 1. The average Bonchev–Trinajstić information content (AvgIpc) is 3.92. The summed E-state index contributed by atoms with van der Waals surface area (Å²) in [5.74, 6) is 1.68. The molecule has 1 aliphatic carbocycles. The number of rotatable bonds is 11. The number of ether oxygens (including phenoxy) is 2. The van der Waals surface area contributed by atoms with Crippen LogP contribution in [-0.4, -0.2) is 75.3 Å². The minimum Gasteiger partial charge on any atom is -0.480 e. The summed E-state index contributed by atoms with van der Waals surface area (Å²) in [6.07, 6.45) is 2.19. The predicted molar refractivity (Wildman–Crippen MR) is 162 cm³/mol. The summed E-state index contributed by atoms with van der Waals surface area (Å²) < 4.78 is 51.7. The van der Waals surface area contributed by atoms with E-state index in [4.69, 9.17) is 9.47 Å². The number of halogens is 3. The number of hydrogen-bond donors (Lipinski definition) is 1. The number of benzene rings is 1. The maximum atomic E-state index is 13.7. The van der Waals surface area contributed by atoms with Gasteiger partial charge in [0.1, 0.15) is 23.9 Å². The van der Waals surface area contributed by atoms with E-state index in [0.29, 0.717) is 53.5 Å². The van der Waals surface area contributed by atoms with Gasteiger partial charge in [0.25, 0.3) is 0 Å². The Labute approximate surface area is 259 Å². The number of nitrogens with zero attached hydrogens (tertiary/aromatic N) is 7. The molecule has 236 valence electrons. The molecule has 3 aromatic heterocycles. The Morgan fingerprint density at radius 2 is 1.62 bits per heavy atom. The second kappa shape index (κ2) is 13.4. The fourth-order valence-corrected chi connectivity index (χ4v) is 5.75. The lowest BCUT2D eigenvalue weighted by Crippen LogP contribution is -2.35. The molecule has 1 saturated carbocycles. The van der Waals surface area contributed by atoms with E-state index in [1.54, 1.807) is 20.3 Å². The van der Waals surface area contributed by atoms with Crippen LogP contribution in [-0.2, 0) is 17.5 Å². The number of aromatic nitrogens is 6. The van der Waals surface area contributed by atoms with Crippen molar-refractivity contribution in [2.75, 3.05) is 45.8 Å². The Morgan fingerprint density at radius 3 is 2.31 bits per heavy atom. The van der Waals surface area contributed by atoms with Crippen molar-refractivity contribution >= 4 is 5.95 Å². The van der Waals surface area contributed by atoms with Crippen LogP contribution < -0.4 is 10.1 Å². The van der Waals surface area contributed by atoms with Crippen molar-refractivity contribution in [1.29, 1.82) is 0 Å². The van der Waals surface area contributed by atoms with E-state index < -0.39 is 11.9 Å². The third-order valence-electron chi connectivity index (χ3n) is 8.33. The van der Waals surface area contributed by atoms with Gasteiger partial charge >= 0.3 is 6.18 Å². The highest BCUT2D eigenvalue weighted by Gasteiger charge is 2.34. The van der Waals surface area contributed by atoms with Gasteiger partial charge in [-0.15, -0.1) is 0 Å². The van der Waals surface area contributed by atoms with Crippen molar-refractivity contribution in [3.63, 3.8) is 0 Å². The van der Waals surface area contributed by atoms with Gasteiger partial charge in [0.2, 0.25) is 11.8 Å². The van der Waals surface area contributed by atoms with Crippen LogP contribution in [0.2, 0.25) is 0 Å². The van der Waals surface area contributed by atoms with Gasteiger partial charge in [0.05, 0.1) is 25.1 Å². The molecule has 10 nitrogen and oxygen atoms in total. The van der Waals surface area contributed by atoms with E-state index >= 15 is 0 Å². The molecule has 0 amide bonds. The van der Waals surface area contributed by atoms with Gasteiger partial charge in [0, 0.05) is 31.7 Å². The topological polar surface area (TPSA) is 111 Å². The Kier molecular flexibility index (Phi) is 9.17. The van der Waals surface area contributed by atoms with E-state index in [-0.39, 0.29) is 5.92 Å². The highest BCUT2D eigenvalue weighted by Crippen LogP contribution is 2.45. The van der Waals surface area contributed by atoms with Crippen LogP contribution >= 0.6 is 0 Å². The predicted octanol–water partition coefficient (Wildman–Crippen LogP) is 5.73. The van der Waals surface area contributed by atoms with Crippen molar-refractivity contribution in [3.8, 4) is 28.5 Å². The number of hydrogen-bond acceptors (Lipinski definition) is 10. The lowest BCUT2D eigenvalue weighted by Gasteiger charge is -2.32. The van der Waals surface area contributed by atoms with Gasteiger partial charge in [-0.1, -0.05) is 30.3 Å². The third-order valence-corrected chi connectivity index (χ3v) is 8.33. The Hall–Kier alpha value is -4.23. The SMILES string of the molecule is COCCN1CCC(c2ccc(C(F)(F)F)nc2-c2ccc(CNc3ncnc(-c4c(OC)ncnc4C4CC4)n3)cc2)CC1. The molecule has 0 radical (unpaired) electrons. The second-order valence-corrected chi connectivity index (χ2v) is 11.3. The zero-order valence-electron chi connectivity index (χ0n) is 25.2. The fraction of sp³-hybridized carbons (Fsp3) is 0.438. The average molecular weight is 621 g/mol. The highest BCUT2D eigenvalue weighted by molar-refractivity contribution is 5.67. The molecule has 4 aromatic rings. The van der Waals surface area contributed by atoms with Crippen molar-refractivity contribution in [1.82, 2.24) is 34.8 Å². The Morgan fingerprint density at radius 1 is 0.867 bits per heavy atom. The van der Waals surface area contributed by atoms with Gasteiger partial charge < -0.3 is 19.7 Å². The molecule has 1 N–H and O–H groups in total. The van der Waals surface area contributed by atoms with Gasteiger partial charge in [-0.25, -0.2) is 24.9 Å². The monoisotopic (exact) mass is 620 g/mol. The first-order valence-electron chi connectivity index (χ1n) is 15.0. The Balaban J connectivity index is 1.19. The highest BCUT2D eigenvalue weighted by atomic mass is 19.4. The van der Waals surface area contributed by atoms with Crippen molar-refractivity contribution in [3.05, 3.63) is 71.6 Å². The Bertz CT molecular complexity index is 1610. The number of pyridine rings is 1. The summed E-state index contributed by atoms with van der Waals surface area (Å²) in [7, 11) is 3.23. The molecule has 4 heterocycles. The normalized spacial score (nSPS) is 16.1. The van der Waals surface area contributed by atoms with Crippen LogP contribution in [0, 0.1) is 0 Å². The van der Waals surface area contributed by atoms with E-state index in [9.17, 15) is 13.2 Å². The van der Waals surface area contributed by atoms with E-state index in [2.05, 4.69) is 40.1 Å². The number of piperidine rings is 1. The molecule has 45 heavy (non-hydrogen) atoms. The van der Waals surface area contributed by atoms with Gasteiger partial charge in [0.15, 0.2) is 5.82 Å². The number of alkyl halides is 3. The van der Waals surface area contributed by atoms with Gasteiger partial charge in [-0.2, -0.15) is 18.2 Å². The standard InChI is InChI=1S/C32H35F3N8O2/c1-44-16-15-43-13-11-21(12-14-43)24-9-10-25(32(33,34)35)41-27(24)22-5-3-20(4-6-22)17-36-31-40-19-38-29(42-31)26-28(23-7-8-23)37-18-39-30(26)45-2/h3-6,9-10,18-19,21,23H,7-8,11-17H2,1-2H3,(H,36,38,40,42). The molecule has 1 saturated heterocycles. The lowest BCUT2D eigenvalue weighted by molar-refractivity contribution is -0.141. The van der Waals surface area contributed by atoms with Crippen LogP contribution in [0.15, 0.2) is 49.1 Å². The van der Waals surface area contributed by atoms with Gasteiger partial charge in [-0.3, -0.25) is 0 Å². The maximum absolute atomic E-state index is 13.7. The van der Waals surface area contributed by atoms with Crippen molar-refractivity contribution in [2.24, 2.45) is 0 Å². The van der Waals surface area contributed by atoms with Crippen molar-refractivity contribution in [2.45, 2.75) is 50.2 Å². The van der Waals surface area contributed by atoms with E-state index in [0.717, 1.165) is 68.2 Å². The molecule has 1 aliphatic heterocycles. The zero-order chi connectivity index (χ0) is 31.4. The molecule has 13 heteroatoms. The molecule has 2 fully saturated rings. The molecular weight excluding hydrogens is 585 g/mol. The quantitative estimate of drug-likeness (QED) is 0.223. The molecule has 2 aliphatic rings. The molecule has 0 atom stereocenters. The van der Waals surface area contributed by atoms with E-state index in [1.807, 2.05) is 24.3 Å². The molecule has 6 rings (SSSR count). The second-order valence-electron chi connectivity index (χ2n) is 11.3. The third kappa shape index (κ3) is 7.20. The first-order valence-corrected chi connectivity index (χ1v) is 15.0. The van der Waals surface area contributed by atoms with Crippen LogP contribution in [0.25, 0.3) is 22.6 Å². The largest absolute Gasteiger partial charge is 0.480 e. The molecule has 0 unspecified atom stereocenters.